The summed E-state index contributed by atoms with van der Waals surface area (Å²) in [5.74, 6) is 4.63. The molecule has 6 heteroatoms. The first kappa shape index (κ1) is 22.0. The van der Waals surface area contributed by atoms with Gasteiger partial charge in [-0.15, -0.1) is 11.8 Å². The van der Waals surface area contributed by atoms with Gasteiger partial charge in [-0.3, -0.25) is 4.99 Å². The lowest BCUT2D eigenvalue weighted by molar-refractivity contribution is 0.405. The molecule has 0 aliphatic heterocycles. The maximum Gasteiger partial charge on any atom is 0.191 e. The molecule has 0 spiro atoms. The number of nitrogens with zero attached hydrogens (tertiary/aromatic N) is 1. The fraction of sp³-hybridized carbons (Fsp3) is 0.632. The highest BCUT2D eigenvalue weighted by Gasteiger charge is 2.07. The molecule has 2 N–H and O–H groups in total. The molecule has 1 unspecified atom stereocenters. The van der Waals surface area contributed by atoms with Crippen LogP contribution in [0.3, 0.4) is 0 Å². The van der Waals surface area contributed by atoms with Crippen molar-refractivity contribution in [3.8, 4) is 5.75 Å². The minimum Gasteiger partial charge on any atom is -0.496 e. The number of para-hydroxylation sites is 1. The van der Waals surface area contributed by atoms with Gasteiger partial charge in [0.15, 0.2) is 5.96 Å². The van der Waals surface area contributed by atoms with Gasteiger partial charge >= 0.3 is 0 Å². The number of nitrogens with one attached hydrogen (secondary N) is 2. The molecule has 1 aromatic rings. The van der Waals surface area contributed by atoms with Gasteiger partial charge in [0.25, 0.3) is 0 Å². The van der Waals surface area contributed by atoms with Crippen molar-refractivity contribution >= 4 is 29.5 Å². The number of aliphatic imine (C=N–C) groups is 1. The van der Waals surface area contributed by atoms with Gasteiger partial charge in [0.1, 0.15) is 5.75 Å². The second-order valence-corrected chi connectivity index (χ2v) is 7.96. The van der Waals surface area contributed by atoms with E-state index in [0.29, 0.717) is 5.92 Å². The van der Waals surface area contributed by atoms with Crippen LogP contribution in [0.25, 0.3) is 0 Å². The molecule has 25 heavy (non-hydrogen) atoms. The van der Waals surface area contributed by atoms with Crippen molar-refractivity contribution in [2.45, 2.75) is 31.6 Å². The van der Waals surface area contributed by atoms with Crippen molar-refractivity contribution in [1.82, 2.24) is 10.6 Å². The average molecular weight is 384 g/mol. The van der Waals surface area contributed by atoms with Crippen molar-refractivity contribution in [2.75, 3.05) is 44.5 Å². The summed E-state index contributed by atoms with van der Waals surface area (Å²) >= 11 is 3.74. The summed E-state index contributed by atoms with van der Waals surface area (Å²) in [7, 11) is 1.72. The fourth-order valence-corrected chi connectivity index (χ4v) is 3.72. The highest BCUT2D eigenvalue weighted by Crippen LogP contribution is 2.29. The number of benzene rings is 1. The zero-order valence-electron chi connectivity index (χ0n) is 16.0. The Morgan fingerprint density at radius 1 is 1.24 bits per heavy atom. The van der Waals surface area contributed by atoms with E-state index in [0.717, 1.165) is 37.1 Å². The zero-order valence-corrected chi connectivity index (χ0v) is 17.6. The largest absolute Gasteiger partial charge is 0.496 e. The van der Waals surface area contributed by atoms with Gasteiger partial charge in [-0.05, 0) is 49.8 Å². The Morgan fingerprint density at radius 2 is 2.04 bits per heavy atom. The maximum absolute atomic E-state index is 5.41. The van der Waals surface area contributed by atoms with Crippen molar-refractivity contribution in [2.24, 2.45) is 10.9 Å². The van der Waals surface area contributed by atoms with E-state index in [9.17, 15) is 0 Å². The Hall–Kier alpha value is -1.01. The van der Waals surface area contributed by atoms with Crippen LogP contribution in [0, 0.1) is 5.92 Å². The normalized spacial score (nSPS) is 12.7. The zero-order chi connectivity index (χ0) is 18.3. The molecule has 1 rings (SSSR count). The van der Waals surface area contributed by atoms with Crippen molar-refractivity contribution in [3.63, 3.8) is 0 Å². The number of methoxy groups -OCH3 is 1. The molecular formula is C19H33N3OS2. The number of rotatable bonds is 12. The monoisotopic (exact) mass is 383 g/mol. The third-order valence-corrected chi connectivity index (χ3v) is 5.65. The third-order valence-electron chi connectivity index (χ3n) is 3.57. The van der Waals surface area contributed by atoms with E-state index in [-0.39, 0.29) is 0 Å². The van der Waals surface area contributed by atoms with E-state index in [2.05, 4.69) is 42.9 Å². The molecule has 1 aromatic carbocycles. The molecule has 0 aliphatic rings. The summed E-state index contributed by atoms with van der Waals surface area (Å²) in [5.41, 5.74) is 0. The SMILES string of the molecule is CCNC(=NCC(C)CSc1ccccc1OC)NCCCCSC. The highest BCUT2D eigenvalue weighted by molar-refractivity contribution is 7.99. The topological polar surface area (TPSA) is 45.7 Å². The van der Waals surface area contributed by atoms with Crippen LogP contribution in [-0.4, -0.2) is 50.5 Å². The number of thioether (sulfide) groups is 2. The standard InChI is InChI=1S/C19H33N3OS2/c1-5-20-19(21-12-8-9-13-24-4)22-14-16(2)15-25-18-11-7-6-10-17(18)23-3/h6-7,10-11,16H,5,8-9,12-15H2,1-4H3,(H2,20,21,22). The predicted molar refractivity (Wildman–Crippen MR) is 114 cm³/mol. The van der Waals surface area contributed by atoms with Crippen LogP contribution in [0.15, 0.2) is 34.2 Å². The number of unbranched alkanes of at least 4 members (excludes halogenated alkanes) is 1. The van der Waals surface area contributed by atoms with E-state index in [1.165, 1.54) is 23.5 Å². The molecule has 0 aromatic heterocycles. The average Bonchev–Trinajstić information content (AvgIpc) is 2.64. The summed E-state index contributed by atoms with van der Waals surface area (Å²) < 4.78 is 5.41. The van der Waals surface area contributed by atoms with Gasteiger partial charge < -0.3 is 15.4 Å². The maximum atomic E-state index is 5.41. The first-order chi connectivity index (χ1) is 12.2. The minimum absolute atomic E-state index is 0.502. The molecule has 0 saturated carbocycles. The van der Waals surface area contributed by atoms with Crippen molar-refractivity contribution in [1.29, 1.82) is 0 Å². The molecule has 0 aliphatic carbocycles. The Labute approximate surface area is 162 Å². The summed E-state index contributed by atoms with van der Waals surface area (Å²) in [4.78, 5) is 5.92. The summed E-state index contributed by atoms with van der Waals surface area (Å²) in [6, 6.07) is 8.18. The van der Waals surface area contributed by atoms with Crippen molar-refractivity contribution in [3.05, 3.63) is 24.3 Å². The Balaban J connectivity index is 2.38. The van der Waals surface area contributed by atoms with Crippen LogP contribution in [0.4, 0.5) is 0 Å². The first-order valence-electron chi connectivity index (χ1n) is 8.98. The number of hydrogen-bond donors (Lipinski definition) is 2. The first-order valence-corrected chi connectivity index (χ1v) is 11.4. The third kappa shape index (κ3) is 9.90. The molecule has 0 heterocycles. The molecule has 0 bridgehead atoms. The Bertz CT molecular complexity index is 497. The van der Waals surface area contributed by atoms with Crippen LogP contribution < -0.4 is 15.4 Å². The molecule has 4 nitrogen and oxygen atoms in total. The molecular weight excluding hydrogens is 350 g/mol. The number of ether oxygens (including phenoxy) is 1. The minimum atomic E-state index is 0.502. The number of hydrogen-bond acceptors (Lipinski definition) is 4. The molecule has 1 atom stereocenters. The van der Waals surface area contributed by atoms with E-state index in [1.807, 2.05) is 35.7 Å². The molecule has 0 amide bonds. The Morgan fingerprint density at radius 3 is 2.76 bits per heavy atom. The van der Waals surface area contributed by atoms with E-state index in [1.54, 1.807) is 7.11 Å². The van der Waals surface area contributed by atoms with Gasteiger partial charge in [0, 0.05) is 30.3 Å². The van der Waals surface area contributed by atoms with E-state index < -0.39 is 0 Å². The molecule has 0 radical (unpaired) electrons. The van der Waals surface area contributed by atoms with Crippen LogP contribution in [0.5, 0.6) is 5.75 Å². The number of guanidine groups is 1. The fourth-order valence-electron chi connectivity index (χ4n) is 2.19. The van der Waals surface area contributed by atoms with Crippen LogP contribution >= 0.6 is 23.5 Å². The Kier molecular flexibility index (Phi) is 12.5. The van der Waals surface area contributed by atoms with Gasteiger partial charge in [-0.25, -0.2) is 0 Å². The van der Waals surface area contributed by atoms with E-state index >= 15 is 0 Å². The van der Waals surface area contributed by atoms with Gasteiger partial charge in [-0.2, -0.15) is 11.8 Å². The smallest absolute Gasteiger partial charge is 0.191 e. The van der Waals surface area contributed by atoms with Crippen LogP contribution in [0.1, 0.15) is 26.7 Å². The second kappa shape index (κ2) is 14.2. The van der Waals surface area contributed by atoms with Crippen LogP contribution in [-0.2, 0) is 0 Å². The molecule has 142 valence electrons. The lowest BCUT2D eigenvalue weighted by Gasteiger charge is -2.14. The lowest BCUT2D eigenvalue weighted by atomic mass is 10.2. The quantitative estimate of drug-likeness (QED) is 0.246. The summed E-state index contributed by atoms with van der Waals surface area (Å²) in [5, 5.41) is 6.76. The van der Waals surface area contributed by atoms with Gasteiger partial charge in [0.2, 0.25) is 0 Å². The van der Waals surface area contributed by atoms with Gasteiger partial charge in [-0.1, -0.05) is 19.1 Å². The molecule has 0 saturated heterocycles. The van der Waals surface area contributed by atoms with E-state index in [4.69, 9.17) is 9.73 Å². The van der Waals surface area contributed by atoms with Gasteiger partial charge in [0.05, 0.1) is 7.11 Å². The lowest BCUT2D eigenvalue weighted by Crippen LogP contribution is -2.38. The van der Waals surface area contributed by atoms with Crippen molar-refractivity contribution < 1.29 is 4.74 Å². The predicted octanol–water partition coefficient (Wildman–Crippen LogP) is 4.12. The second-order valence-electron chi connectivity index (χ2n) is 5.91. The van der Waals surface area contributed by atoms with Crippen LogP contribution in [0.2, 0.25) is 0 Å². The molecule has 0 fully saturated rings. The highest BCUT2D eigenvalue weighted by atomic mass is 32.2. The summed E-state index contributed by atoms with van der Waals surface area (Å²) in [6.07, 6.45) is 4.59. The summed E-state index contributed by atoms with van der Waals surface area (Å²) in [6.45, 7) is 7.04.